The molecule has 1 unspecified atom stereocenters. The zero-order valence-electron chi connectivity index (χ0n) is 15.7. The van der Waals surface area contributed by atoms with Crippen molar-refractivity contribution in [3.8, 4) is 0 Å². The first-order chi connectivity index (χ1) is 12.4. The molecule has 0 aliphatic carbocycles. The van der Waals surface area contributed by atoms with Crippen molar-refractivity contribution in [2.75, 3.05) is 19.6 Å². The minimum Gasteiger partial charge on any atom is -0.337 e. The second-order valence-electron chi connectivity index (χ2n) is 7.42. The fourth-order valence-corrected chi connectivity index (χ4v) is 3.61. The lowest BCUT2D eigenvalue weighted by Gasteiger charge is -2.34. The Kier molecular flexibility index (Phi) is 5.71. The molecule has 2 heterocycles. The summed E-state index contributed by atoms with van der Waals surface area (Å²) in [4.78, 5) is 17.2. The summed E-state index contributed by atoms with van der Waals surface area (Å²) in [5, 5.41) is 4.12. The second kappa shape index (κ2) is 7.99. The summed E-state index contributed by atoms with van der Waals surface area (Å²) in [6.07, 6.45) is 4.33. The van der Waals surface area contributed by atoms with E-state index in [1.807, 2.05) is 24.1 Å². The Bertz CT molecular complexity index is 741. The number of benzene rings is 1. The highest BCUT2D eigenvalue weighted by Crippen LogP contribution is 2.21. The van der Waals surface area contributed by atoms with Gasteiger partial charge in [-0.2, -0.15) is 5.10 Å². The standard InChI is InChI=1S/C20H27FN4O/c1-15(2)19-14-25(20(26)17-11-22-23(3)13-17)10-4-9-24(19)12-16-5-7-18(21)8-6-16/h5-8,11,13,15,19H,4,9-10,12,14H2,1-3H3. The van der Waals surface area contributed by atoms with E-state index in [0.717, 1.165) is 31.6 Å². The Hall–Kier alpha value is -2.21. The van der Waals surface area contributed by atoms with Gasteiger partial charge in [-0.3, -0.25) is 14.4 Å². The van der Waals surface area contributed by atoms with E-state index in [9.17, 15) is 9.18 Å². The van der Waals surface area contributed by atoms with Crippen LogP contribution in [0.25, 0.3) is 0 Å². The summed E-state index contributed by atoms with van der Waals surface area (Å²) in [6, 6.07) is 6.97. The van der Waals surface area contributed by atoms with Gasteiger partial charge in [0.25, 0.3) is 5.91 Å². The highest BCUT2D eigenvalue weighted by atomic mass is 19.1. The summed E-state index contributed by atoms with van der Waals surface area (Å²) >= 11 is 0. The topological polar surface area (TPSA) is 41.4 Å². The minimum absolute atomic E-state index is 0.0485. The van der Waals surface area contributed by atoms with Gasteiger partial charge in [0.2, 0.25) is 0 Å². The minimum atomic E-state index is -0.210. The van der Waals surface area contributed by atoms with Crippen LogP contribution in [0.4, 0.5) is 4.39 Å². The second-order valence-corrected chi connectivity index (χ2v) is 7.42. The van der Waals surface area contributed by atoms with Gasteiger partial charge in [-0.1, -0.05) is 26.0 Å². The first-order valence-corrected chi connectivity index (χ1v) is 9.20. The summed E-state index contributed by atoms with van der Waals surface area (Å²) in [6.45, 7) is 7.54. The molecule has 1 aromatic heterocycles. The molecule has 0 saturated carbocycles. The number of aromatic nitrogens is 2. The Balaban J connectivity index is 1.74. The maximum absolute atomic E-state index is 13.2. The Morgan fingerprint density at radius 2 is 2.00 bits per heavy atom. The highest BCUT2D eigenvalue weighted by Gasteiger charge is 2.30. The molecule has 1 aliphatic rings. The quantitative estimate of drug-likeness (QED) is 0.844. The van der Waals surface area contributed by atoms with E-state index in [2.05, 4.69) is 23.8 Å². The molecule has 0 bridgehead atoms. The Labute approximate surface area is 154 Å². The van der Waals surface area contributed by atoms with E-state index in [4.69, 9.17) is 0 Å². The first-order valence-electron chi connectivity index (χ1n) is 9.20. The maximum atomic E-state index is 13.2. The third-order valence-corrected chi connectivity index (χ3v) is 5.06. The van der Waals surface area contributed by atoms with Crippen molar-refractivity contribution in [3.05, 3.63) is 53.6 Å². The average molecular weight is 358 g/mol. The smallest absolute Gasteiger partial charge is 0.257 e. The largest absolute Gasteiger partial charge is 0.337 e. The van der Waals surface area contributed by atoms with Crippen molar-refractivity contribution in [2.24, 2.45) is 13.0 Å². The zero-order valence-corrected chi connectivity index (χ0v) is 15.7. The van der Waals surface area contributed by atoms with Gasteiger partial charge in [-0.05, 0) is 30.0 Å². The van der Waals surface area contributed by atoms with E-state index in [0.29, 0.717) is 18.0 Å². The van der Waals surface area contributed by atoms with Crippen LogP contribution in [-0.4, -0.2) is 51.2 Å². The number of carbonyl (C=O) groups excluding carboxylic acids is 1. The van der Waals surface area contributed by atoms with Crippen LogP contribution >= 0.6 is 0 Å². The van der Waals surface area contributed by atoms with Crippen molar-refractivity contribution in [3.63, 3.8) is 0 Å². The van der Waals surface area contributed by atoms with Crippen molar-refractivity contribution >= 4 is 5.91 Å². The number of nitrogens with zero attached hydrogens (tertiary/aromatic N) is 4. The monoisotopic (exact) mass is 358 g/mol. The normalized spacial score (nSPS) is 19.0. The van der Waals surface area contributed by atoms with E-state index >= 15 is 0 Å². The van der Waals surface area contributed by atoms with Gasteiger partial charge >= 0.3 is 0 Å². The zero-order chi connectivity index (χ0) is 18.7. The molecule has 0 N–H and O–H groups in total. The molecular formula is C20H27FN4O. The van der Waals surface area contributed by atoms with Crippen LogP contribution in [0.1, 0.15) is 36.2 Å². The average Bonchev–Trinajstić information content (AvgIpc) is 2.93. The molecule has 1 saturated heterocycles. The van der Waals surface area contributed by atoms with Crippen molar-refractivity contribution < 1.29 is 9.18 Å². The van der Waals surface area contributed by atoms with E-state index in [1.165, 1.54) is 12.1 Å². The lowest BCUT2D eigenvalue weighted by molar-refractivity contribution is 0.0702. The molecule has 1 amide bonds. The number of amides is 1. The van der Waals surface area contributed by atoms with E-state index in [1.54, 1.807) is 17.1 Å². The third-order valence-electron chi connectivity index (χ3n) is 5.06. The highest BCUT2D eigenvalue weighted by molar-refractivity contribution is 5.93. The summed E-state index contributed by atoms with van der Waals surface area (Å²) in [5.41, 5.74) is 1.74. The van der Waals surface area contributed by atoms with Crippen molar-refractivity contribution in [2.45, 2.75) is 32.9 Å². The van der Waals surface area contributed by atoms with Gasteiger partial charge in [0.1, 0.15) is 5.82 Å². The number of carbonyl (C=O) groups is 1. The van der Waals surface area contributed by atoms with E-state index < -0.39 is 0 Å². The molecular weight excluding hydrogens is 331 g/mol. The van der Waals surface area contributed by atoms with E-state index in [-0.39, 0.29) is 17.8 Å². The van der Waals surface area contributed by atoms with Gasteiger partial charge in [-0.25, -0.2) is 4.39 Å². The SMILES string of the molecule is CC(C)C1CN(C(=O)c2cnn(C)c2)CCCN1Cc1ccc(F)cc1. The number of aryl methyl sites for hydroxylation is 1. The van der Waals surface area contributed by atoms with Crippen LogP contribution < -0.4 is 0 Å². The lowest BCUT2D eigenvalue weighted by atomic mass is 10.0. The number of rotatable bonds is 4. The summed E-state index contributed by atoms with van der Waals surface area (Å²) < 4.78 is 14.8. The Morgan fingerprint density at radius 3 is 2.62 bits per heavy atom. The number of hydrogen-bond donors (Lipinski definition) is 0. The van der Waals surface area contributed by atoms with Crippen molar-refractivity contribution in [1.82, 2.24) is 19.6 Å². The third kappa shape index (κ3) is 4.30. The van der Waals surface area contributed by atoms with Gasteiger partial charge in [0, 0.05) is 45.5 Å². The molecule has 1 atom stereocenters. The van der Waals surface area contributed by atoms with Gasteiger partial charge < -0.3 is 4.90 Å². The molecule has 1 aliphatic heterocycles. The molecule has 0 radical (unpaired) electrons. The molecule has 0 spiro atoms. The first kappa shape index (κ1) is 18.6. The number of hydrogen-bond acceptors (Lipinski definition) is 3. The predicted molar refractivity (Wildman–Crippen MR) is 99.2 cm³/mol. The van der Waals surface area contributed by atoms with Crippen LogP contribution in [0.2, 0.25) is 0 Å². The molecule has 140 valence electrons. The predicted octanol–water partition coefficient (Wildman–Crippen LogP) is 2.93. The molecule has 26 heavy (non-hydrogen) atoms. The van der Waals surface area contributed by atoms with Crippen LogP contribution in [0.15, 0.2) is 36.7 Å². The lowest BCUT2D eigenvalue weighted by Crippen LogP contribution is -2.45. The summed E-state index contributed by atoms with van der Waals surface area (Å²) in [5.74, 6) is 0.253. The molecule has 6 heteroatoms. The fourth-order valence-electron chi connectivity index (χ4n) is 3.61. The van der Waals surface area contributed by atoms with Crippen LogP contribution in [-0.2, 0) is 13.6 Å². The van der Waals surface area contributed by atoms with Gasteiger partial charge in [-0.15, -0.1) is 0 Å². The van der Waals surface area contributed by atoms with Gasteiger partial charge in [0.05, 0.1) is 11.8 Å². The molecule has 5 nitrogen and oxygen atoms in total. The maximum Gasteiger partial charge on any atom is 0.257 e. The molecule has 1 fully saturated rings. The van der Waals surface area contributed by atoms with Crippen LogP contribution in [0.5, 0.6) is 0 Å². The summed E-state index contributed by atoms with van der Waals surface area (Å²) in [7, 11) is 1.82. The Morgan fingerprint density at radius 1 is 1.27 bits per heavy atom. The van der Waals surface area contributed by atoms with Crippen molar-refractivity contribution in [1.29, 1.82) is 0 Å². The molecule has 3 rings (SSSR count). The number of halogens is 1. The fraction of sp³-hybridized carbons (Fsp3) is 0.500. The molecule has 1 aromatic carbocycles. The van der Waals surface area contributed by atoms with Crippen LogP contribution in [0, 0.1) is 11.7 Å². The molecule has 2 aromatic rings. The van der Waals surface area contributed by atoms with Gasteiger partial charge in [0.15, 0.2) is 0 Å². The van der Waals surface area contributed by atoms with Crippen LogP contribution in [0.3, 0.4) is 0 Å².